The van der Waals surface area contributed by atoms with Crippen LogP contribution in [0.25, 0.3) is 0 Å². The van der Waals surface area contributed by atoms with E-state index in [1.807, 2.05) is 19.1 Å². The lowest BCUT2D eigenvalue weighted by Gasteiger charge is -2.28. The molecule has 3 aromatic rings. The highest BCUT2D eigenvalue weighted by Gasteiger charge is 2.35. The molecule has 0 bridgehead atoms. The van der Waals surface area contributed by atoms with Gasteiger partial charge in [-0.15, -0.1) is 11.3 Å². The van der Waals surface area contributed by atoms with Gasteiger partial charge in [-0.05, 0) is 67.8 Å². The number of carbonyl (C=O) groups is 2. The summed E-state index contributed by atoms with van der Waals surface area (Å²) in [7, 11) is 0. The lowest BCUT2D eigenvalue weighted by molar-refractivity contribution is -0.133. The van der Waals surface area contributed by atoms with Crippen LogP contribution in [0.2, 0.25) is 0 Å². The maximum atomic E-state index is 13.5. The molecule has 0 radical (unpaired) electrons. The molecule has 172 valence electrons. The minimum absolute atomic E-state index is 0.0147. The van der Waals surface area contributed by atoms with E-state index < -0.39 is 11.8 Å². The quantitative estimate of drug-likeness (QED) is 0.470. The van der Waals surface area contributed by atoms with Crippen LogP contribution in [0.3, 0.4) is 0 Å². The number of urea groups is 1. The summed E-state index contributed by atoms with van der Waals surface area (Å²) in [5, 5.41) is 2.69. The van der Waals surface area contributed by atoms with Crippen LogP contribution in [0, 0.1) is 18.6 Å². The summed E-state index contributed by atoms with van der Waals surface area (Å²) in [6.07, 6.45) is 1.65. The number of nitrogens with one attached hydrogen (secondary N) is 1. The van der Waals surface area contributed by atoms with E-state index in [1.54, 1.807) is 34.4 Å². The second-order valence-corrected chi connectivity index (χ2v) is 9.56. The monoisotopic (exact) mass is 469 g/mol. The first kappa shape index (κ1) is 22.9. The summed E-state index contributed by atoms with van der Waals surface area (Å²) >= 11 is 1.61. The molecule has 3 amide bonds. The van der Waals surface area contributed by atoms with E-state index in [1.165, 1.54) is 35.2 Å². The average Bonchev–Trinajstić information content (AvgIpc) is 3.54. The molecule has 0 aliphatic heterocycles. The van der Waals surface area contributed by atoms with Crippen molar-refractivity contribution in [2.75, 3.05) is 11.9 Å². The molecule has 5 nitrogen and oxygen atoms in total. The summed E-state index contributed by atoms with van der Waals surface area (Å²) in [4.78, 5) is 31.6. The Morgan fingerprint density at radius 2 is 1.76 bits per heavy atom. The smallest absolute Gasteiger partial charge is 0.322 e. The number of aryl methyl sites for hydroxylation is 1. The first-order chi connectivity index (χ1) is 15.9. The van der Waals surface area contributed by atoms with Gasteiger partial charge in [-0.3, -0.25) is 4.79 Å². The molecule has 0 unspecified atom stereocenters. The second-order valence-electron chi connectivity index (χ2n) is 8.19. The normalized spacial score (nSPS) is 12.9. The molecule has 0 saturated heterocycles. The Morgan fingerprint density at radius 1 is 1.00 bits per heavy atom. The van der Waals surface area contributed by atoms with Crippen molar-refractivity contribution in [2.24, 2.45) is 0 Å². The van der Waals surface area contributed by atoms with Crippen molar-refractivity contribution in [3.8, 4) is 0 Å². The van der Waals surface area contributed by atoms with Gasteiger partial charge in [0.05, 0.1) is 6.54 Å². The number of hydrogen-bond acceptors (Lipinski definition) is 3. The summed E-state index contributed by atoms with van der Waals surface area (Å²) in [5.74, 6) is -0.982. The van der Waals surface area contributed by atoms with Gasteiger partial charge in [-0.2, -0.15) is 0 Å². The average molecular weight is 470 g/mol. The fraction of sp³-hybridized carbons (Fsp3) is 0.280. The summed E-state index contributed by atoms with van der Waals surface area (Å²) in [6, 6.07) is 15.3. The number of rotatable bonds is 8. The Morgan fingerprint density at radius 3 is 2.39 bits per heavy atom. The van der Waals surface area contributed by atoms with E-state index in [0.29, 0.717) is 18.8 Å². The Labute approximate surface area is 195 Å². The van der Waals surface area contributed by atoms with Crippen LogP contribution in [0.5, 0.6) is 0 Å². The number of amides is 3. The number of benzene rings is 2. The number of nitrogens with zero attached hydrogens (tertiary/aromatic N) is 2. The highest BCUT2D eigenvalue weighted by molar-refractivity contribution is 7.11. The maximum Gasteiger partial charge on any atom is 0.322 e. The Bertz CT molecular complexity index is 1130. The van der Waals surface area contributed by atoms with Crippen molar-refractivity contribution in [1.29, 1.82) is 0 Å². The van der Waals surface area contributed by atoms with E-state index in [2.05, 4.69) is 5.32 Å². The molecule has 1 aliphatic carbocycles. The Kier molecular flexibility index (Phi) is 7.03. The summed E-state index contributed by atoms with van der Waals surface area (Å²) in [6.45, 7) is 2.63. The van der Waals surface area contributed by atoms with E-state index >= 15 is 0 Å². The van der Waals surface area contributed by atoms with Crippen molar-refractivity contribution >= 4 is 29.0 Å². The van der Waals surface area contributed by atoms with Crippen molar-refractivity contribution in [3.63, 3.8) is 0 Å². The zero-order valence-corrected chi connectivity index (χ0v) is 19.1. The second kappa shape index (κ2) is 10.1. The van der Waals surface area contributed by atoms with E-state index in [-0.39, 0.29) is 24.3 Å². The number of carbonyl (C=O) groups excluding carboxylic acids is 2. The zero-order chi connectivity index (χ0) is 23.4. The minimum Gasteiger partial charge on any atom is -0.332 e. The van der Waals surface area contributed by atoms with Gasteiger partial charge in [0, 0.05) is 28.0 Å². The maximum absolute atomic E-state index is 13.5. The molecule has 0 spiro atoms. The molecule has 4 rings (SSSR count). The number of halogens is 2. The third-order valence-corrected chi connectivity index (χ3v) is 6.40. The SMILES string of the molecule is Cc1ccc(CN(Cc2ccc(F)cc2)C(=O)CN(C(=O)Nc2cccc(F)c2)C2CC2)s1. The van der Waals surface area contributed by atoms with Gasteiger partial charge in [-0.25, -0.2) is 13.6 Å². The summed E-state index contributed by atoms with van der Waals surface area (Å²) in [5.41, 5.74) is 1.15. The van der Waals surface area contributed by atoms with Crippen molar-refractivity contribution < 1.29 is 18.4 Å². The van der Waals surface area contributed by atoms with Crippen LogP contribution in [0.4, 0.5) is 19.3 Å². The summed E-state index contributed by atoms with van der Waals surface area (Å²) < 4.78 is 26.8. The number of thiophene rings is 1. The molecular formula is C25H25F2N3O2S. The van der Waals surface area contributed by atoms with Gasteiger partial charge in [0.25, 0.3) is 0 Å². The number of hydrogen-bond donors (Lipinski definition) is 1. The first-order valence-electron chi connectivity index (χ1n) is 10.8. The van der Waals surface area contributed by atoms with Crippen LogP contribution in [0.1, 0.15) is 28.2 Å². The van der Waals surface area contributed by atoms with Gasteiger partial charge < -0.3 is 15.1 Å². The highest BCUT2D eigenvalue weighted by Crippen LogP contribution is 2.28. The van der Waals surface area contributed by atoms with Crippen LogP contribution in [0.15, 0.2) is 60.7 Å². The van der Waals surface area contributed by atoms with Gasteiger partial charge in [0.1, 0.15) is 18.2 Å². The lowest BCUT2D eigenvalue weighted by atomic mass is 10.2. The topological polar surface area (TPSA) is 52.7 Å². The minimum atomic E-state index is -0.446. The predicted octanol–water partition coefficient (Wildman–Crippen LogP) is 5.56. The molecule has 1 fully saturated rings. The van der Waals surface area contributed by atoms with Crippen molar-refractivity contribution in [3.05, 3.63) is 87.6 Å². The van der Waals surface area contributed by atoms with Crippen molar-refractivity contribution in [1.82, 2.24) is 9.80 Å². The standard InChI is InChI=1S/C25H25F2N3O2S/c1-17-5-12-23(33-17)15-29(14-18-6-8-19(26)9-7-18)24(31)16-30(22-10-11-22)25(32)28-21-4-2-3-20(27)13-21/h2-9,12-13,22H,10-11,14-16H2,1H3,(H,28,32). The molecular weight excluding hydrogens is 444 g/mol. The third kappa shape index (κ3) is 6.38. The van der Waals surface area contributed by atoms with Gasteiger partial charge in [0.15, 0.2) is 0 Å². The predicted molar refractivity (Wildman–Crippen MR) is 125 cm³/mol. The Balaban J connectivity index is 1.49. The molecule has 1 heterocycles. The zero-order valence-electron chi connectivity index (χ0n) is 18.3. The molecule has 1 aliphatic rings. The van der Waals surface area contributed by atoms with Crippen LogP contribution < -0.4 is 5.32 Å². The lowest BCUT2D eigenvalue weighted by Crippen LogP contribution is -2.45. The van der Waals surface area contributed by atoms with E-state index in [4.69, 9.17) is 0 Å². The van der Waals surface area contributed by atoms with E-state index in [9.17, 15) is 18.4 Å². The molecule has 33 heavy (non-hydrogen) atoms. The van der Waals surface area contributed by atoms with Crippen LogP contribution in [-0.2, 0) is 17.9 Å². The molecule has 2 aromatic carbocycles. The molecule has 1 aromatic heterocycles. The first-order valence-corrected chi connectivity index (χ1v) is 11.6. The van der Waals surface area contributed by atoms with Gasteiger partial charge in [-0.1, -0.05) is 18.2 Å². The number of anilines is 1. The van der Waals surface area contributed by atoms with E-state index in [0.717, 1.165) is 28.2 Å². The fourth-order valence-electron chi connectivity index (χ4n) is 3.56. The largest absolute Gasteiger partial charge is 0.332 e. The van der Waals surface area contributed by atoms with Crippen LogP contribution in [-0.4, -0.2) is 34.3 Å². The highest BCUT2D eigenvalue weighted by atomic mass is 32.1. The fourth-order valence-corrected chi connectivity index (χ4v) is 4.47. The van der Waals surface area contributed by atoms with Crippen LogP contribution >= 0.6 is 11.3 Å². The molecule has 0 atom stereocenters. The molecule has 1 saturated carbocycles. The molecule has 8 heteroatoms. The third-order valence-electron chi connectivity index (χ3n) is 5.41. The van der Waals surface area contributed by atoms with Gasteiger partial charge in [0.2, 0.25) is 5.91 Å². The Hall–Kier alpha value is -3.26. The van der Waals surface area contributed by atoms with Crippen molar-refractivity contribution in [2.45, 2.75) is 38.9 Å². The van der Waals surface area contributed by atoms with Gasteiger partial charge >= 0.3 is 6.03 Å². The molecule has 1 N–H and O–H groups in total.